The second kappa shape index (κ2) is 3.75. The topological polar surface area (TPSA) is 42.4 Å². The van der Waals surface area contributed by atoms with E-state index in [9.17, 15) is 0 Å². The third-order valence-electron chi connectivity index (χ3n) is 2.98. The summed E-state index contributed by atoms with van der Waals surface area (Å²) in [6, 6.07) is 4.96. The molecule has 1 aromatic heterocycles. The maximum Gasteiger partial charge on any atom is 0.122 e. The summed E-state index contributed by atoms with van der Waals surface area (Å²) in [5, 5.41) is 0. The van der Waals surface area contributed by atoms with E-state index in [1.54, 1.807) is 6.26 Å². The van der Waals surface area contributed by atoms with Gasteiger partial charge < -0.3 is 10.2 Å². The minimum Gasteiger partial charge on any atom is -0.468 e. The normalized spacial score (nSPS) is 28.9. The third-order valence-corrected chi connectivity index (χ3v) is 2.98. The molecular weight excluding hydrogens is 176 g/mol. The molecule has 2 unspecified atom stereocenters. The average Bonchev–Trinajstić information content (AvgIpc) is 2.71. The highest BCUT2D eigenvalue weighted by molar-refractivity contribution is 5.10. The zero-order valence-corrected chi connectivity index (χ0v) is 8.81. The third kappa shape index (κ3) is 1.57. The van der Waals surface area contributed by atoms with Crippen LogP contribution in [0.2, 0.25) is 0 Å². The monoisotopic (exact) mass is 194 g/mol. The Morgan fingerprint density at radius 2 is 2.36 bits per heavy atom. The lowest BCUT2D eigenvalue weighted by molar-refractivity contribution is 0.176. The maximum absolute atomic E-state index is 6.10. The summed E-state index contributed by atoms with van der Waals surface area (Å²) in [6.45, 7) is 5.48. The zero-order chi connectivity index (χ0) is 10.1. The predicted octanol–water partition coefficient (Wildman–Crippen LogP) is 1.76. The first-order valence-corrected chi connectivity index (χ1v) is 5.25. The summed E-state index contributed by atoms with van der Waals surface area (Å²) in [6.07, 6.45) is 2.78. The van der Waals surface area contributed by atoms with E-state index < -0.39 is 0 Å². The quantitative estimate of drug-likeness (QED) is 0.780. The smallest absolute Gasteiger partial charge is 0.122 e. The molecule has 0 amide bonds. The Kier molecular flexibility index (Phi) is 2.61. The molecule has 2 rings (SSSR count). The highest BCUT2D eigenvalue weighted by Crippen LogP contribution is 2.32. The van der Waals surface area contributed by atoms with Crippen molar-refractivity contribution in [1.29, 1.82) is 0 Å². The van der Waals surface area contributed by atoms with E-state index in [4.69, 9.17) is 10.2 Å². The number of furan rings is 1. The summed E-state index contributed by atoms with van der Waals surface area (Å²) in [5.41, 5.74) is 6.10. The van der Waals surface area contributed by atoms with Gasteiger partial charge in [-0.25, -0.2) is 0 Å². The van der Waals surface area contributed by atoms with Crippen molar-refractivity contribution in [3.63, 3.8) is 0 Å². The number of likely N-dealkylation sites (tertiary alicyclic amines) is 1. The fourth-order valence-electron chi connectivity index (χ4n) is 2.25. The molecule has 1 saturated heterocycles. The van der Waals surface area contributed by atoms with Gasteiger partial charge in [-0.05, 0) is 32.4 Å². The largest absolute Gasteiger partial charge is 0.468 e. The van der Waals surface area contributed by atoms with Crippen LogP contribution in [0, 0.1) is 0 Å². The highest BCUT2D eigenvalue weighted by Gasteiger charge is 2.35. The van der Waals surface area contributed by atoms with Crippen LogP contribution < -0.4 is 5.73 Å². The lowest BCUT2D eigenvalue weighted by Gasteiger charge is -2.28. The van der Waals surface area contributed by atoms with Crippen LogP contribution in [0.3, 0.4) is 0 Å². The van der Waals surface area contributed by atoms with Gasteiger partial charge >= 0.3 is 0 Å². The molecular formula is C11H18N2O. The molecule has 3 nitrogen and oxygen atoms in total. The Bertz CT molecular complexity index is 281. The molecule has 0 spiro atoms. The number of nitrogens with two attached hydrogens (primary N) is 1. The van der Waals surface area contributed by atoms with Gasteiger partial charge in [-0.3, -0.25) is 4.90 Å². The van der Waals surface area contributed by atoms with E-state index >= 15 is 0 Å². The molecule has 1 aliphatic heterocycles. The van der Waals surface area contributed by atoms with Crippen molar-refractivity contribution >= 4 is 0 Å². The molecule has 2 N–H and O–H groups in total. The molecule has 3 heteroatoms. The molecule has 0 aromatic carbocycles. The molecule has 14 heavy (non-hydrogen) atoms. The minimum absolute atomic E-state index is 0.212. The van der Waals surface area contributed by atoms with Crippen molar-refractivity contribution in [1.82, 2.24) is 4.90 Å². The molecule has 1 aromatic rings. The van der Waals surface area contributed by atoms with Gasteiger partial charge in [0.2, 0.25) is 0 Å². The number of hydrogen-bond donors (Lipinski definition) is 1. The summed E-state index contributed by atoms with van der Waals surface area (Å²) in [5.74, 6) is 1.00. The van der Waals surface area contributed by atoms with Crippen LogP contribution in [0.15, 0.2) is 22.8 Å². The molecule has 0 radical (unpaired) electrons. The Morgan fingerprint density at radius 3 is 2.93 bits per heavy atom. The molecule has 1 aliphatic rings. The van der Waals surface area contributed by atoms with Crippen molar-refractivity contribution < 1.29 is 4.42 Å². The highest BCUT2D eigenvalue weighted by atomic mass is 16.3. The van der Waals surface area contributed by atoms with Crippen LogP contribution in [0.5, 0.6) is 0 Å². The van der Waals surface area contributed by atoms with Crippen LogP contribution in [-0.2, 0) is 0 Å². The van der Waals surface area contributed by atoms with Gasteiger partial charge in [-0.15, -0.1) is 0 Å². The van der Waals surface area contributed by atoms with E-state index in [2.05, 4.69) is 18.7 Å². The molecule has 78 valence electrons. The first kappa shape index (κ1) is 9.74. The first-order valence-electron chi connectivity index (χ1n) is 5.25. The standard InChI is InChI=1S/C11H18N2O/c1-8(2)13-6-5-9(12)11(13)10-4-3-7-14-10/h3-4,7-9,11H,5-6,12H2,1-2H3. The average molecular weight is 194 g/mol. The van der Waals surface area contributed by atoms with Crippen LogP contribution in [0.4, 0.5) is 0 Å². The lowest BCUT2D eigenvalue weighted by atomic mass is 10.1. The van der Waals surface area contributed by atoms with Crippen LogP contribution in [-0.4, -0.2) is 23.5 Å². The van der Waals surface area contributed by atoms with Crippen molar-refractivity contribution in [3.05, 3.63) is 24.2 Å². The second-order valence-corrected chi connectivity index (χ2v) is 4.24. The van der Waals surface area contributed by atoms with Crippen LogP contribution >= 0.6 is 0 Å². The molecule has 2 heterocycles. The summed E-state index contributed by atoms with van der Waals surface area (Å²) in [7, 11) is 0. The van der Waals surface area contributed by atoms with E-state index in [1.165, 1.54) is 0 Å². The molecule has 0 aliphatic carbocycles. The number of nitrogens with zero attached hydrogens (tertiary/aromatic N) is 1. The Balaban J connectivity index is 2.22. The fraction of sp³-hybridized carbons (Fsp3) is 0.636. The number of rotatable bonds is 2. The van der Waals surface area contributed by atoms with Crippen LogP contribution in [0.25, 0.3) is 0 Å². The minimum atomic E-state index is 0.212. The fourth-order valence-corrected chi connectivity index (χ4v) is 2.25. The molecule has 2 atom stereocenters. The van der Waals surface area contributed by atoms with Crippen molar-refractivity contribution in [2.45, 2.75) is 38.4 Å². The summed E-state index contributed by atoms with van der Waals surface area (Å²) >= 11 is 0. The van der Waals surface area contributed by atoms with E-state index in [0.717, 1.165) is 18.7 Å². The Morgan fingerprint density at radius 1 is 1.57 bits per heavy atom. The predicted molar refractivity (Wildman–Crippen MR) is 55.9 cm³/mol. The molecule has 1 fully saturated rings. The van der Waals surface area contributed by atoms with Gasteiger partial charge in [-0.2, -0.15) is 0 Å². The summed E-state index contributed by atoms with van der Waals surface area (Å²) < 4.78 is 5.45. The second-order valence-electron chi connectivity index (χ2n) is 4.24. The van der Waals surface area contributed by atoms with E-state index in [0.29, 0.717) is 6.04 Å². The van der Waals surface area contributed by atoms with Gasteiger partial charge in [0, 0.05) is 18.6 Å². The van der Waals surface area contributed by atoms with E-state index in [-0.39, 0.29) is 12.1 Å². The Hall–Kier alpha value is -0.800. The molecule has 0 saturated carbocycles. The first-order chi connectivity index (χ1) is 6.70. The van der Waals surface area contributed by atoms with Crippen molar-refractivity contribution in [3.8, 4) is 0 Å². The van der Waals surface area contributed by atoms with Gasteiger partial charge in [0.15, 0.2) is 0 Å². The van der Waals surface area contributed by atoms with Gasteiger partial charge in [0.05, 0.1) is 12.3 Å². The Labute approximate surface area is 84.9 Å². The maximum atomic E-state index is 6.10. The van der Waals surface area contributed by atoms with Gasteiger partial charge in [-0.1, -0.05) is 0 Å². The zero-order valence-electron chi connectivity index (χ0n) is 8.81. The molecule has 0 bridgehead atoms. The van der Waals surface area contributed by atoms with E-state index in [1.807, 2.05) is 12.1 Å². The van der Waals surface area contributed by atoms with Crippen molar-refractivity contribution in [2.24, 2.45) is 5.73 Å². The van der Waals surface area contributed by atoms with Crippen molar-refractivity contribution in [2.75, 3.05) is 6.54 Å². The SMILES string of the molecule is CC(C)N1CCC(N)C1c1ccco1. The van der Waals surface area contributed by atoms with Crippen LogP contribution in [0.1, 0.15) is 32.1 Å². The van der Waals surface area contributed by atoms with Gasteiger partial charge in [0.25, 0.3) is 0 Å². The summed E-state index contributed by atoms with van der Waals surface area (Å²) in [4.78, 5) is 2.41. The number of hydrogen-bond acceptors (Lipinski definition) is 3. The van der Waals surface area contributed by atoms with Gasteiger partial charge in [0.1, 0.15) is 5.76 Å². The lowest BCUT2D eigenvalue weighted by Crippen LogP contribution is -2.35.